The van der Waals surface area contributed by atoms with Gasteiger partial charge in [0.15, 0.2) is 11.6 Å². The largest absolute Gasteiger partial charge is 0.325 e. The van der Waals surface area contributed by atoms with Gasteiger partial charge in [-0.05, 0) is 48.7 Å². The molecular formula is C19H15F4N3O. The number of anilines is 2. The van der Waals surface area contributed by atoms with Gasteiger partial charge >= 0.3 is 5.56 Å². The standard InChI is InChI=1S/C19H15F4N3O/c1-10-3-4-13(20)7-16(10)24-19-25-18(27)15(22)9-26(19)8-12-5-11(2)17(23)14(21)6-12/h3-7,9H,8H2,1-2H3,(H,24,25,27). The van der Waals surface area contributed by atoms with Gasteiger partial charge in [0.25, 0.3) is 0 Å². The normalized spacial score (nSPS) is 10.9. The zero-order chi connectivity index (χ0) is 19.7. The van der Waals surface area contributed by atoms with Gasteiger partial charge in [-0.2, -0.15) is 9.37 Å². The molecule has 3 aromatic rings. The van der Waals surface area contributed by atoms with Crippen LogP contribution in [0.3, 0.4) is 0 Å². The molecule has 0 radical (unpaired) electrons. The van der Waals surface area contributed by atoms with Crippen LogP contribution in [0.15, 0.2) is 41.3 Å². The Morgan fingerprint density at radius 3 is 2.44 bits per heavy atom. The van der Waals surface area contributed by atoms with Gasteiger partial charge in [0.2, 0.25) is 11.8 Å². The number of hydrogen-bond donors (Lipinski definition) is 1. The van der Waals surface area contributed by atoms with Crippen molar-refractivity contribution in [2.75, 3.05) is 5.32 Å². The molecule has 4 nitrogen and oxygen atoms in total. The summed E-state index contributed by atoms with van der Waals surface area (Å²) in [6.45, 7) is 3.03. The Morgan fingerprint density at radius 1 is 1.00 bits per heavy atom. The Morgan fingerprint density at radius 2 is 1.74 bits per heavy atom. The molecule has 27 heavy (non-hydrogen) atoms. The summed E-state index contributed by atoms with van der Waals surface area (Å²) in [4.78, 5) is 15.2. The summed E-state index contributed by atoms with van der Waals surface area (Å²) >= 11 is 0. The molecule has 0 bridgehead atoms. The Balaban J connectivity index is 2.04. The van der Waals surface area contributed by atoms with E-state index in [1.165, 1.54) is 35.8 Å². The third-order valence-electron chi connectivity index (χ3n) is 4.02. The van der Waals surface area contributed by atoms with Crippen molar-refractivity contribution in [1.82, 2.24) is 9.55 Å². The van der Waals surface area contributed by atoms with Crippen molar-refractivity contribution >= 4 is 11.6 Å². The molecular weight excluding hydrogens is 362 g/mol. The van der Waals surface area contributed by atoms with Crippen molar-refractivity contribution < 1.29 is 17.6 Å². The van der Waals surface area contributed by atoms with E-state index in [2.05, 4.69) is 10.3 Å². The highest BCUT2D eigenvalue weighted by atomic mass is 19.2. The minimum atomic E-state index is -1.10. The second-order valence-corrected chi connectivity index (χ2v) is 6.14. The molecule has 1 heterocycles. The summed E-state index contributed by atoms with van der Waals surface area (Å²) in [6.07, 6.45) is 0.906. The van der Waals surface area contributed by atoms with E-state index in [0.717, 1.165) is 12.3 Å². The third kappa shape index (κ3) is 3.99. The van der Waals surface area contributed by atoms with Crippen molar-refractivity contribution in [2.45, 2.75) is 20.4 Å². The molecule has 0 unspecified atom stereocenters. The summed E-state index contributed by atoms with van der Waals surface area (Å²) in [7, 11) is 0. The predicted molar refractivity (Wildman–Crippen MR) is 93.1 cm³/mol. The highest BCUT2D eigenvalue weighted by molar-refractivity contribution is 5.58. The fourth-order valence-electron chi connectivity index (χ4n) is 2.62. The summed E-state index contributed by atoms with van der Waals surface area (Å²) in [5.74, 6) is -3.66. The van der Waals surface area contributed by atoms with Crippen LogP contribution in [0.4, 0.5) is 29.2 Å². The summed E-state index contributed by atoms with van der Waals surface area (Å²) < 4.78 is 55.6. The van der Waals surface area contributed by atoms with Gasteiger partial charge < -0.3 is 9.88 Å². The zero-order valence-corrected chi connectivity index (χ0v) is 14.5. The molecule has 0 saturated carbocycles. The van der Waals surface area contributed by atoms with E-state index < -0.39 is 28.8 Å². The summed E-state index contributed by atoms with van der Waals surface area (Å²) in [6, 6.07) is 6.40. The highest BCUT2D eigenvalue weighted by Crippen LogP contribution is 2.21. The molecule has 1 N–H and O–H groups in total. The number of hydrogen-bond acceptors (Lipinski definition) is 3. The van der Waals surface area contributed by atoms with Crippen LogP contribution in [0.25, 0.3) is 0 Å². The third-order valence-corrected chi connectivity index (χ3v) is 4.02. The van der Waals surface area contributed by atoms with E-state index in [0.29, 0.717) is 16.8 Å². The first-order valence-electron chi connectivity index (χ1n) is 7.99. The molecule has 0 aliphatic rings. The van der Waals surface area contributed by atoms with Crippen molar-refractivity contribution in [3.05, 3.63) is 86.8 Å². The quantitative estimate of drug-likeness (QED) is 0.693. The van der Waals surface area contributed by atoms with Crippen LogP contribution in [0.1, 0.15) is 16.7 Å². The van der Waals surface area contributed by atoms with Crippen LogP contribution in [-0.2, 0) is 6.54 Å². The van der Waals surface area contributed by atoms with Gasteiger partial charge in [-0.25, -0.2) is 13.2 Å². The van der Waals surface area contributed by atoms with Crippen molar-refractivity contribution in [3.8, 4) is 0 Å². The fourth-order valence-corrected chi connectivity index (χ4v) is 2.62. The van der Waals surface area contributed by atoms with Crippen LogP contribution in [0.5, 0.6) is 0 Å². The smallest absolute Gasteiger partial charge is 0.310 e. The highest BCUT2D eigenvalue weighted by Gasteiger charge is 2.13. The molecule has 0 aliphatic carbocycles. The second kappa shape index (κ2) is 7.22. The molecule has 0 aliphatic heterocycles. The molecule has 2 aromatic carbocycles. The second-order valence-electron chi connectivity index (χ2n) is 6.14. The number of aryl methyl sites for hydroxylation is 2. The Hall–Kier alpha value is -3.16. The van der Waals surface area contributed by atoms with Gasteiger partial charge in [0.05, 0.1) is 6.54 Å². The van der Waals surface area contributed by atoms with Gasteiger partial charge in [0, 0.05) is 11.9 Å². The first-order valence-corrected chi connectivity index (χ1v) is 7.99. The lowest BCUT2D eigenvalue weighted by atomic mass is 10.1. The summed E-state index contributed by atoms with van der Waals surface area (Å²) in [5, 5.41) is 2.79. The van der Waals surface area contributed by atoms with Crippen LogP contribution >= 0.6 is 0 Å². The van der Waals surface area contributed by atoms with E-state index in [4.69, 9.17) is 0 Å². The van der Waals surface area contributed by atoms with E-state index in [1.54, 1.807) is 6.92 Å². The van der Waals surface area contributed by atoms with E-state index >= 15 is 0 Å². The number of rotatable bonds is 4. The van der Waals surface area contributed by atoms with E-state index in [1.807, 2.05) is 0 Å². The van der Waals surface area contributed by atoms with Gasteiger partial charge in [-0.1, -0.05) is 12.1 Å². The Labute approximate surface area is 152 Å². The molecule has 140 valence electrons. The zero-order valence-electron chi connectivity index (χ0n) is 14.5. The average Bonchev–Trinajstić information content (AvgIpc) is 2.60. The summed E-state index contributed by atoms with van der Waals surface area (Å²) in [5.41, 5.74) is 0.350. The Bertz CT molecular complexity index is 1060. The van der Waals surface area contributed by atoms with E-state index in [9.17, 15) is 22.4 Å². The number of halogens is 4. The first kappa shape index (κ1) is 18.6. The lowest BCUT2D eigenvalue weighted by Crippen LogP contribution is -2.20. The molecule has 0 spiro atoms. The van der Waals surface area contributed by atoms with Crippen molar-refractivity contribution in [3.63, 3.8) is 0 Å². The first-order chi connectivity index (χ1) is 12.7. The van der Waals surface area contributed by atoms with Crippen molar-refractivity contribution in [2.24, 2.45) is 0 Å². The fraction of sp³-hybridized carbons (Fsp3) is 0.158. The van der Waals surface area contributed by atoms with Crippen LogP contribution < -0.4 is 10.9 Å². The number of nitrogens with one attached hydrogen (secondary N) is 1. The number of aromatic nitrogens is 2. The molecule has 0 amide bonds. The van der Waals surface area contributed by atoms with Gasteiger partial charge in [-0.15, -0.1) is 0 Å². The molecule has 0 saturated heterocycles. The lowest BCUT2D eigenvalue weighted by Gasteiger charge is -2.16. The van der Waals surface area contributed by atoms with E-state index in [-0.39, 0.29) is 18.1 Å². The average molecular weight is 377 g/mol. The van der Waals surface area contributed by atoms with Crippen LogP contribution in [-0.4, -0.2) is 9.55 Å². The maximum atomic E-state index is 13.7. The maximum absolute atomic E-state index is 13.7. The topological polar surface area (TPSA) is 46.9 Å². The molecule has 8 heteroatoms. The van der Waals surface area contributed by atoms with Gasteiger partial charge in [-0.3, -0.25) is 4.79 Å². The maximum Gasteiger partial charge on any atom is 0.310 e. The van der Waals surface area contributed by atoms with Crippen LogP contribution in [0, 0.1) is 37.1 Å². The minimum Gasteiger partial charge on any atom is -0.325 e. The lowest BCUT2D eigenvalue weighted by molar-refractivity contribution is 0.500. The monoisotopic (exact) mass is 377 g/mol. The number of benzene rings is 2. The van der Waals surface area contributed by atoms with Crippen molar-refractivity contribution in [1.29, 1.82) is 0 Å². The molecule has 1 aromatic heterocycles. The predicted octanol–water partition coefficient (Wildman–Crippen LogP) is 4.21. The van der Waals surface area contributed by atoms with Crippen LogP contribution in [0.2, 0.25) is 0 Å². The minimum absolute atomic E-state index is 0.0579. The molecule has 0 fully saturated rings. The molecule has 3 rings (SSSR count). The molecule has 0 atom stereocenters. The Kier molecular flexibility index (Phi) is 4.98. The number of nitrogens with zero attached hydrogens (tertiary/aromatic N) is 2. The SMILES string of the molecule is Cc1ccc(F)cc1Nc1nc(=O)c(F)cn1Cc1cc(C)c(F)c(F)c1. The van der Waals surface area contributed by atoms with Gasteiger partial charge in [0.1, 0.15) is 5.82 Å².